The zero-order valence-corrected chi connectivity index (χ0v) is 26.5. The summed E-state index contributed by atoms with van der Waals surface area (Å²) in [5, 5.41) is 3.87. The van der Waals surface area contributed by atoms with Crippen molar-refractivity contribution in [3.8, 4) is 11.1 Å². The molecule has 0 fully saturated rings. The number of nitrogens with one attached hydrogen (secondary N) is 1. The molecule has 0 saturated carbocycles. The van der Waals surface area contributed by atoms with Crippen LogP contribution in [0.2, 0.25) is 0 Å². The molecule has 5 aromatic rings. The molecule has 1 aliphatic heterocycles. The number of rotatable bonds is 4. The van der Waals surface area contributed by atoms with E-state index in [1.54, 1.807) is 0 Å². The number of para-hydroxylation sites is 1. The summed E-state index contributed by atoms with van der Waals surface area (Å²) in [6.45, 7) is 20.2. The molecule has 0 amide bonds. The fourth-order valence-electron chi connectivity index (χ4n) is 6.90. The summed E-state index contributed by atoms with van der Waals surface area (Å²) in [4.78, 5) is 2.45. The molecule has 0 saturated heterocycles. The van der Waals surface area contributed by atoms with Crippen LogP contribution in [0.25, 0.3) is 11.1 Å². The molecular weight excluding hydrogens is 508 g/mol. The van der Waals surface area contributed by atoms with Crippen LogP contribution >= 0.6 is 0 Å². The fraction of sp³-hybridized carbons (Fsp3) is 0.250. The number of benzene rings is 5. The Morgan fingerprint density at radius 1 is 0.571 bits per heavy atom. The first-order valence-electron chi connectivity index (χ1n) is 15.0. The van der Waals surface area contributed by atoms with Crippen LogP contribution in [-0.4, -0.2) is 0 Å². The van der Waals surface area contributed by atoms with Gasteiger partial charge in [-0.3, -0.25) is 0 Å². The quantitative estimate of drug-likeness (QED) is 0.239. The summed E-state index contributed by atoms with van der Waals surface area (Å²) in [5.41, 5.74) is 20.1. The van der Waals surface area contributed by atoms with E-state index in [1.165, 1.54) is 89.6 Å². The SMILES string of the molecule is Cc1cc(C)cc(N(c2ccc(C)c(-c3c(C)ccc4c3Nc3ccccc3C4(C)C)c2)c2cc(C)cc(C)c2C)c1. The average Bonchev–Trinajstić information content (AvgIpc) is 2.92. The number of hydrogen-bond acceptors (Lipinski definition) is 2. The molecule has 212 valence electrons. The van der Waals surface area contributed by atoms with Gasteiger partial charge in [-0.15, -0.1) is 0 Å². The summed E-state index contributed by atoms with van der Waals surface area (Å²) in [7, 11) is 0. The van der Waals surface area contributed by atoms with Crippen LogP contribution in [0.4, 0.5) is 28.4 Å². The Balaban J connectivity index is 1.61. The lowest BCUT2D eigenvalue weighted by atomic mass is 9.72. The fourth-order valence-corrected chi connectivity index (χ4v) is 6.90. The summed E-state index contributed by atoms with van der Waals surface area (Å²) in [6, 6.07) is 31.8. The lowest BCUT2D eigenvalue weighted by molar-refractivity contribution is 0.638. The lowest BCUT2D eigenvalue weighted by Crippen LogP contribution is -2.26. The van der Waals surface area contributed by atoms with Crippen LogP contribution < -0.4 is 10.2 Å². The minimum atomic E-state index is -0.105. The molecule has 5 aromatic carbocycles. The molecule has 1 heterocycles. The Bertz CT molecular complexity index is 1840. The van der Waals surface area contributed by atoms with E-state index in [0.717, 1.165) is 0 Å². The first kappa shape index (κ1) is 27.8. The molecule has 2 heteroatoms. The van der Waals surface area contributed by atoms with Gasteiger partial charge in [0.15, 0.2) is 0 Å². The van der Waals surface area contributed by atoms with E-state index in [-0.39, 0.29) is 5.41 Å². The molecule has 0 aromatic heterocycles. The average molecular weight is 551 g/mol. The van der Waals surface area contributed by atoms with Gasteiger partial charge in [0, 0.05) is 33.7 Å². The predicted octanol–water partition coefficient (Wildman–Crippen LogP) is 11.4. The van der Waals surface area contributed by atoms with Crippen molar-refractivity contribution in [2.75, 3.05) is 10.2 Å². The lowest BCUT2D eigenvalue weighted by Gasteiger charge is -2.37. The van der Waals surface area contributed by atoms with Gasteiger partial charge < -0.3 is 10.2 Å². The smallest absolute Gasteiger partial charge is 0.0508 e. The van der Waals surface area contributed by atoms with Crippen LogP contribution in [0, 0.1) is 48.5 Å². The number of hydrogen-bond donors (Lipinski definition) is 1. The highest BCUT2D eigenvalue weighted by atomic mass is 15.1. The zero-order chi connectivity index (χ0) is 29.9. The number of aryl methyl sites for hydroxylation is 6. The minimum absolute atomic E-state index is 0.105. The Morgan fingerprint density at radius 2 is 1.24 bits per heavy atom. The predicted molar refractivity (Wildman–Crippen MR) is 182 cm³/mol. The number of anilines is 5. The first-order valence-corrected chi connectivity index (χ1v) is 15.0. The molecule has 0 radical (unpaired) electrons. The molecule has 0 unspecified atom stereocenters. The van der Waals surface area contributed by atoms with Gasteiger partial charge in [-0.2, -0.15) is 0 Å². The second-order valence-corrected chi connectivity index (χ2v) is 12.9. The summed E-state index contributed by atoms with van der Waals surface area (Å²) in [5.74, 6) is 0. The number of nitrogens with zero attached hydrogens (tertiary/aromatic N) is 1. The van der Waals surface area contributed by atoms with Crippen LogP contribution in [0.1, 0.15) is 63.9 Å². The Labute approximate surface area is 252 Å². The molecule has 0 aliphatic carbocycles. The van der Waals surface area contributed by atoms with E-state index >= 15 is 0 Å². The normalized spacial score (nSPS) is 13.3. The van der Waals surface area contributed by atoms with Crippen molar-refractivity contribution >= 4 is 28.4 Å². The molecule has 6 rings (SSSR count). The van der Waals surface area contributed by atoms with Crippen molar-refractivity contribution in [1.82, 2.24) is 0 Å². The molecule has 0 bridgehead atoms. The van der Waals surface area contributed by atoms with Gasteiger partial charge in [0.2, 0.25) is 0 Å². The maximum absolute atomic E-state index is 3.87. The van der Waals surface area contributed by atoms with Gasteiger partial charge in [0.25, 0.3) is 0 Å². The van der Waals surface area contributed by atoms with Crippen LogP contribution in [0.3, 0.4) is 0 Å². The maximum atomic E-state index is 3.87. The molecule has 1 N–H and O–H groups in total. The van der Waals surface area contributed by atoms with E-state index in [9.17, 15) is 0 Å². The minimum Gasteiger partial charge on any atom is -0.355 e. The van der Waals surface area contributed by atoms with Gasteiger partial charge in [-0.25, -0.2) is 0 Å². The van der Waals surface area contributed by atoms with Crippen LogP contribution in [-0.2, 0) is 5.41 Å². The highest BCUT2D eigenvalue weighted by Crippen LogP contribution is 2.51. The third kappa shape index (κ3) is 4.60. The summed E-state index contributed by atoms with van der Waals surface area (Å²) in [6.07, 6.45) is 0. The topological polar surface area (TPSA) is 15.3 Å². The molecule has 42 heavy (non-hydrogen) atoms. The van der Waals surface area contributed by atoms with E-state index in [4.69, 9.17) is 0 Å². The van der Waals surface area contributed by atoms with E-state index < -0.39 is 0 Å². The second-order valence-electron chi connectivity index (χ2n) is 12.9. The molecule has 2 nitrogen and oxygen atoms in total. The third-order valence-electron chi connectivity index (χ3n) is 9.19. The summed E-state index contributed by atoms with van der Waals surface area (Å²) >= 11 is 0. The van der Waals surface area contributed by atoms with Gasteiger partial charge in [0.1, 0.15) is 0 Å². The van der Waals surface area contributed by atoms with Gasteiger partial charge >= 0.3 is 0 Å². The molecule has 0 spiro atoms. The Morgan fingerprint density at radius 3 is 1.98 bits per heavy atom. The van der Waals surface area contributed by atoms with E-state index in [2.05, 4.69) is 157 Å². The van der Waals surface area contributed by atoms with Gasteiger partial charge in [-0.1, -0.05) is 62.4 Å². The Kier molecular flexibility index (Phi) is 6.77. The summed E-state index contributed by atoms with van der Waals surface area (Å²) < 4.78 is 0. The molecule has 1 aliphatic rings. The van der Waals surface area contributed by atoms with Crippen molar-refractivity contribution in [3.05, 3.63) is 135 Å². The van der Waals surface area contributed by atoms with Crippen molar-refractivity contribution < 1.29 is 0 Å². The Hall–Kier alpha value is -4.30. The van der Waals surface area contributed by atoms with Crippen molar-refractivity contribution in [3.63, 3.8) is 0 Å². The van der Waals surface area contributed by atoms with E-state index in [0.29, 0.717) is 0 Å². The molecule has 0 atom stereocenters. The highest BCUT2D eigenvalue weighted by Gasteiger charge is 2.34. The van der Waals surface area contributed by atoms with Gasteiger partial charge in [-0.05, 0) is 140 Å². The zero-order valence-electron chi connectivity index (χ0n) is 26.5. The number of fused-ring (bicyclic) bond motifs is 2. The monoisotopic (exact) mass is 550 g/mol. The highest BCUT2D eigenvalue weighted by molar-refractivity contribution is 5.93. The molecular formula is C40H42N2. The van der Waals surface area contributed by atoms with Gasteiger partial charge in [0.05, 0.1) is 5.69 Å². The second kappa shape index (κ2) is 10.2. The van der Waals surface area contributed by atoms with Crippen molar-refractivity contribution in [2.24, 2.45) is 0 Å². The van der Waals surface area contributed by atoms with Crippen LogP contribution in [0.15, 0.2) is 84.9 Å². The first-order chi connectivity index (χ1) is 20.0. The van der Waals surface area contributed by atoms with Crippen molar-refractivity contribution in [1.29, 1.82) is 0 Å². The van der Waals surface area contributed by atoms with Crippen molar-refractivity contribution in [2.45, 2.75) is 67.7 Å². The van der Waals surface area contributed by atoms with E-state index in [1.807, 2.05) is 0 Å². The largest absolute Gasteiger partial charge is 0.355 e. The van der Waals surface area contributed by atoms with Crippen LogP contribution in [0.5, 0.6) is 0 Å². The third-order valence-corrected chi connectivity index (χ3v) is 9.19. The standard InChI is InChI=1S/C40H42N2/c1-24-18-25(2)21-32(20-24)42(37-22-26(3)19-29(6)30(37)7)31-16-14-27(4)33(23-31)38-28(5)15-17-35-39(38)41-36-13-11-10-12-34(36)40(35,8)9/h10-23,41H,1-9H3. The maximum Gasteiger partial charge on any atom is 0.0508 e.